The van der Waals surface area contributed by atoms with Gasteiger partial charge in [-0.15, -0.1) is 0 Å². The number of carbonyl (C=O) groups excluding carboxylic acids is 1. The Morgan fingerprint density at radius 2 is 1.92 bits per heavy atom. The van der Waals surface area contributed by atoms with Gasteiger partial charge in [0.25, 0.3) is 5.91 Å². The first-order valence-corrected chi connectivity index (χ1v) is 10.5. The van der Waals surface area contributed by atoms with Crippen LogP contribution in [0.25, 0.3) is 0 Å². The van der Waals surface area contributed by atoms with Gasteiger partial charge in [0.05, 0.1) is 4.90 Å². The van der Waals surface area contributed by atoms with E-state index in [0.717, 1.165) is 18.4 Å². The summed E-state index contributed by atoms with van der Waals surface area (Å²) >= 11 is 0. The number of aryl methyl sites for hydroxylation is 1. The molecular formula is C19H27NO3S. The van der Waals surface area contributed by atoms with Gasteiger partial charge in [0.1, 0.15) is 0 Å². The molecule has 0 radical (unpaired) electrons. The SMILES string of the molecule is Cc1ccc(S(C)(=O)=O)cc1C(=O)NC1CC2CCC1(C)C2(C)C. The molecule has 2 aliphatic rings. The summed E-state index contributed by atoms with van der Waals surface area (Å²) in [6, 6.07) is 4.92. The van der Waals surface area contributed by atoms with Gasteiger partial charge in [-0.25, -0.2) is 8.42 Å². The Morgan fingerprint density at radius 1 is 1.25 bits per heavy atom. The van der Waals surface area contributed by atoms with E-state index in [1.54, 1.807) is 12.1 Å². The molecule has 2 fully saturated rings. The molecule has 0 aromatic heterocycles. The topological polar surface area (TPSA) is 63.2 Å². The zero-order valence-electron chi connectivity index (χ0n) is 15.1. The lowest BCUT2D eigenvalue weighted by Crippen LogP contribution is -2.47. The summed E-state index contributed by atoms with van der Waals surface area (Å²) < 4.78 is 23.5. The van der Waals surface area contributed by atoms with Crippen molar-refractivity contribution in [3.05, 3.63) is 29.3 Å². The average Bonchev–Trinajstić information content (AvgIpc) is 2.79. The van der Waals surface area contributed by atoms with Crippen LogP contribution >= 0.6 is 0 Å². The molecule has 3 rings (SSSR count). The fourth-order valence-electron chi connectivity index (χ4n) is 4.73. The molecule has 132 valence electrons. The first kappa shape index (κ1) is 17.5. The fourth-order valence-corrected chi connectivity index (χ4v) is 5.38. The summed E-state index contributed by atoms with van der Waals surface area (Å²) in [7, 11) is -3.32. The number of nitrogens with one attached hydrogen (secondary N) is 1. The lowest BCUT2D eigenvalue weighted by Gasteiger charge is -2.39. The maximum atomic E-state index is 12.8. The quantitative estimate of drug-likeness (QED) is 0.910. The van der Waals surface area contributed by atoms with Crippen LogP contribution in [0.15, 0.2) is 23.1 Å². The number of benzene rings is 1. The largest absolute Gasteiger partial charge is 0.349 e. The molecule has 0 heterocycles. The smallest absolute Gasteiger partial charge is 0.251 e. The Kier molecular flexibility index (Phi) is 3.87. The molecule has 1 aromatic rings. The molecule has 0 spiro atoms. The molecule has 2 saturated carbocycles. The summed E-state index contributed by atoms with van der Waals surface area (Å²) in [6.07, 6.45) is 4.55. The number of hydrogen-bond donors (Lipinski definition) is 1. The highest BCUT2D eigenvalue weighted by molar-refractivity contribution is 7.90. The number of hydrogen-bond acceptors (Lipinski definition) is 3. The minimum Gasteiger partial charge on any atom is -0.349 e. The Balaban J connectivity index is 1.87. The first-order valence-electron chi connectivity index (χ1n) is 8.58. The predicted octanol–water partition coefficient (Wildman–Crippen LogP) is 3.34. The molecule has 5 heteroatoms. The van der Waals surface area contributed by atoms with Crippen LogP contribution in [0, 0.1) is 23.7 Å². The molecule has 3 unspecified atom stereocenters. The molecule has 2 bridgehead atoms. The molecule has 3 atom stereocenters. The van der Waals surface area contributed by atoms with Crippen LogP contribution in [0.5, 0.6) is 0 Å². The number of carbonyl (C=O) groups is 1. The molecule has 4 nitrogen and oxygen atoms in total. The van der Waals surface area contributed by atoms with Crippen molar-refractivity contribution < 1.29 is 13.2 Å². The van der Waals surface area contributed by atoms with Crippen molar-refractivity contribution in [1.82, 2.24) is 5.32 Å². The molecule has 0 saturated heterocycles. The van der Waals surface area contributed by atoms with Gasteiger partial charge in [-0.05, 0) is 60.6 Å². The highest BCUT2D eigenvalue weighted by atomic mass is 32.2. The van der Waals surface area contributed by atoms with Gasteiger partial charge >= 0.3 is 0 Å². The van der Waals surface area contributed by atoms with Crippen molar-refractivity contribution in [1.29, 1.82) is 0 Å². The second-order valence-corrected chi connectivity index (χ2v) is 10.4. The van der Waals surface area contributed by atoms with Crippen molar-refractivity contribution in [2.24, 2.45) is 16.7 Å². The predicted molar refractivity (Wildman–Crippen MR) is 94.8 cm³/mol. The number of sulfone groups is 1. The average molecular weight is 349 g/mol. The minimum atomic E-state index is -3.32. The van der Waals surface area contributed by atoms with Crippen LogP contribution in [0.4, 0.5) is 0 Å². The van der Waals surface area contributed by atoms with E-state index in [0.29, 0.717) is 11.5 Å². The third-order valence-corrected chi connectivity index (χ3v) is 8.09. The maximum Gasteiger partial charge on any atom is 0.251 e. The van der Waals surface area contributed by atoms with Crippen molar-refractivity contribution in [2.45, 2.75) is 57.9 Å². The van der Waals surface area contributed by atoms with Crippen LogP contribution in [0.3, 0.4) is 0 Å². The summed E-state index contributed by atoms with van der Waals surface area (Å²) in [5.74, 6) is 0.490. The lowest BCUT2D eigenvalue weighted by molar-refractivity contribution is 0.0825. The molecule has 1 aromatic carbocycles. The van der Waals surface area contributed by atoms with Gasteiger partial charge < -0.3 is 5.32 Å². The van der Waals surface area contributed by atoms with Crippen LogP contribution in [0.1, 0.15) is 56.0 Å². The van der Waals surface area contributed by atoms with Crippen molar-refractivity contribution >= 4 is 15.7 Å². The molecular weight excluding hydrogens is 322 g/mol. The monoisotopic (exact) mass is 349 g/mol. The van der Waals surface area contributed by atoms with Crippen LogP contribution in [-0.2, 0) is 9.84 Å². The lowest BCUT2D eigenvalue weighted by atomic mass is 9.69. The molecule has 24 heavy (non-hydrogen) atoms. The molecule has 1 N–H and O–H groups in total. The van der Waals surface area contributed by atoms with E-state index >= 15 is 0 Å². The minimum absolute atomic E-state index is 0.107. The van der Waals surface area contributed by atoms with Gasteiger partial charge in [0.15, 0.2) is 9.84 Å². The summed E-state index contributed by atoms with van der Waals surface area (Å²) in [6.45, 7) is 8.75. The zero-order valence-corrected chi connectivity index (χ0v) is 16.0. The Morgan fingerprint density at radius 3 is 2.42 bits per heavy atom. The van der Waals surface area contributed by atoms with E-state index < -0.39 is 9.84 Å². The van der Waals surface area contributed by atoms with Crippen molar-refractivity contribution in [2.75, 3.05) is 6.26 Å². The Hall–Kier alpha value is -1.36. The van der Waals surface area contributed by atoms with E-state index in [-0.39, 0.29) is 27.7 Å². The van der Waals surface area contributed by atoms with E-state index in [1.165, 1.54) is 18.7 Å². The van der Waals surface area contributed by atoms with Crippen molar-refractivity contribution in [3.8, 4) is 0 Å². The van der Waals surface area contributed by atoms with Crippen LogP contribution in [0.2, 0.25) is 0 Å². The summed E-state index contributed by atoms with van der Waals surface area (Å²) in [4.78, 5) is 13.0. The third-order valence-electron chi connectivity index (χ3n) is 6.98. The molecule has 2 aliphatic carbocycles. The van der Waals surface area contributed by atoms with Gasteiger partial charge in [0, 0.05) is 17.9 Å². The Bertz CT molecular complexity index is 797. The van der Waals surface area contributed by atoms with Gasteiger partial charge in [-0.2, -0.15) is 0 Å². The standard InChI is InChI=1S/C19H27NO3S/c1-12-6-7-14(24(5,22)23)11-15(12)17(21)20-16-10-13-8-9-19(16,4)18(13,2)3/h6-7,11,13,16H,8-10H2,1-5H3,(H,20,21). The Labute approximate surface area is 145 Å². The van der Waals surface area contributed by atoms with E-state index in [1.807, 2.05) is 6.92 Å². The van der Waals surface area contributed by atoms with Crippen LogP contribution in [-0.4, -0.2) is 26.6 Å². The highest BCUT2D eigenvalue weighted by Crippen LogP contribution is 2.65. The number of amides is 1. The highest BCUT2D eigenvalue weighted by Gasteiger charge is 2.61. The first-order chi connectivity index (χ1) is 11.0. The maximum absolute atomic E-state index is 12.8. The molecule has 1 amide bonds. The fraction of sp³-hybridized carbons (Fsp3) is 0.632. The van der Waals surface area contributed by atoms with Gasteiger partial charge in [0.2, 0.25) is 0 Å². The van der Waals surface area contributed by atoms with E-state index in [2.05, 4.69) is 26.1 Å². The zero-order chi connectivity index (χ0) is 17.9. The second-order valence-electron chi connectivity index (χ2n) is 8.39. The van der Waals surface area contributed by atoms with Gasteiger partial charge in [-0.3, -0.25) is 4.79 Å². The van der Waals surface area contributed by atoms with Crippen molar-refractivity contribution in [3.63, 3.8) is 0 Å². The van der Waals surface area contributed by atoms with E-state index in [4.69, 9.17) is 0 Å². The normalized spacial score (nSPS) is 31.2. The van der Waals surface area contributed by atoms with Gasteiger partial charge in [-0.1, -0.05) is 26.8 Å². The van der Waals surface area contributed by atoms with Crippen LogP contribution < -0.4 is 5.32 Å². The summed E-state index contributed by atoms with van der Waals surface area (Å²) in [5, 5.41) is 3.21. The molecule has 0 aliphatic heterocycles. The third kappa shape index (κ3) is 2.48. The second kappa shape index (κ2) is 5.32. The van der Waals surface area contributed by atoms with E-state index in [9.17, 15) is 13.2 Å². The summed E-state index contributed by atoms with van der Waals surface area (Å²) in [5.41, 5.74) is 1.60. The number of rotatable bonds is 3. The number of fused-ring (bicyclic) bond motifs is 2.